The molecule has 2 atom stereocenters. The van der Waals surface area contributed by atoms with Gasteiger partial charge in [-0.2, -0.15) is 4.31 Å². The van der Waals surface area contributed by atoms with Gasteiger partial charge in [-0.3, -0.25) is 0 Å². The molecule has 1 saturated heterocycles. The molecule has 5 nitrogen and oxygen atoms in total. The quantitative estimate of drug-likeness (QED) is 0.780. The highest BCUT2D eigenvalue weighted by Crippen LogP contribution is 2.36. The number of sulfonamides is 1. The highest BCUT2D eigenvalue weighted by molar-refractivity contribution is 7.89. The third-order valence-corrected chi connectivity index (χ3v) is 7.34. The molecule has 8 heteroatoms. The number of halogens is 2. The van der Waals surface area contributed by atoms with E-state index in [0.717, 1.165) is 5.56 Å². The van der Waals surface area contributed by atoms with Crippen LogP contribution in [0.3, 0.4) is 0 Å². The number of benzene rings is 2. The van der Waals surface area contributed by atoms with Gasteiger partial charge in [-0.1, -0.05) is 35.0 Å². The van der Waals surface area contributed by atoms with Crippen molar-refractivity contribution in [1.29, 1.82) is 0 Å². The van der Waals surface area contributed by atoms with Crippen molar-refractivity contribution < 1.29 is 17.6 Å². The summed E-state index contributed by atoms with van der Waals surface area (Å²) in [4.78, 5) is 5.71. The van der Waals surface area contributed by atoms with E-state index in [2.05, 4.69) is 5.16 Å². The van der Waals surface area contributed by atoms with Gasteiger partial charge in [0, 0.05) is 6.54 Å². The Labute approximate surface area is 162 Å². The van der Waals surface area contributed by atoms with Crippen molar-refractivity contribution in [2.24, 2.45) is 11.1 Å². The molecule has 2 heterocycles. The first-order valence-electron chi connectivity index (χ1n) is 8.54. The molecule has 0 aliphatic carbocycles. The fraction of sp³-hybridized carbons (Fsp3) is 0.316. The molecular formula is C19H18ClFN2O3S. The van der Waals surface area contributed by atoms with E-state index in [4.69, 9.17) is 16.4 Å². The summed E-state index contributed by atoms with van der Waals surface area (Å²) in [6.45, 7) is 3.96. The van der Waals surface area contributed by atoms with Crippen molar-refractivity contribution in [2.45, 2.75) is 24.8 Å². The topological polar surface area (TPSA) is 59.0 Å². The van der Waals surface area contributed by atoms with Crippen LogP contribution in [0.1, 0.15) is 16.7 Å². The maximum atomic E-state index is 14.3. The van der Waals surface area contributed by atoms with Crippen molar-refractivity contribution >= 4 is 27.3 Å². The molecule has 2 unspecified atom stereocenters. The summed E-state index contributed by atoms with van der Waals surface area (Å²) in [5.41, 5.74) is 2.10. The van der Waals surface area contributed by atoms with Crippen LogP contribution in [0.25, 0.3) is 0 Å². The molecule has 2 aromatic rings. The number of aryl methyl sites for hydroxylation is 2. The monoisotopic (exact) mass is 408 g/mol. The van der Waals surface area contributed by atoms with Gasteiger partial charge in [0.2, 0.25) is 10.0 Å². The molecule has 0 radical (unpaired) electrons. The second-order valence-electron chi connectivity index (χ2n) is 6.91. The number of hydrogen-bond donors (Lipinski definition) is 0. The fourth-order valence-corrected chi connectivity index (χ4v) is 5.64. The van der Waals surface area contributed by atoms with Gasteiger partial charge in [-0.25, -0.2) is 12.8 Å². The first-order valence-corrected chi connectivity index (χ1v) is 10.4. The predicted molar refractivity (Wildman–Crippen MR) is 101 cm³/mol. The van der Waals surface area contributed by atoms with E-state index in [1.165, 1.54) is 16.4 Å². The lowest BCUT2D eigenvalue weighted by Gasteiger charge is -2.19. The molecule has 1 fully saturated rings. The lowest BCUT2D eigenvalue weighted by atomic mass is 9.94. The Morgan fingerprint density at radius 3 is 2.74 bits per heavy atom. The zero-order valence-electron chi connectivity index (χ0n) is 14.8. The van der Waals surface area contributed by atoms with Gasteiger partial charge in [-0.15, -0.1) is 0 Å². The van der Waals surface area contributed by atoms with Gasteiger partial charge in [0.1, 0.15) is 5.82 Å². The van der Waals surface area contributed by atoms with E-state index in [1.54, 1.807) is 25.1 Å². The zero-order valence-corrected chi connectivity index (χ0v) is 16.4. The molecule has 0 bridgehead atoms. The first kappa shape index (κ1) is 18.4. The van der Waals surface area contributed by atoms with E-state index in [1.807, 2.05) is 13.0 Å². The van der Waals surface area contributed by atoms with Crippen molar-refractivity contribution in [2.75, 3.05) is 13.1 Å². The normalized spacial score (nSPS) is 22.4. The largest absolute Gasteiger partial charge is 0.390 e. The number of oxime groups is 1. The molecule has 0 spiro atoms. The van der Waals surface area contributed by atoms with Crippen molar-refractivity contribution in [3.63, 3.8) is 0 Å². The van der Waals surface area contributed by atoms with Gasteiger partial charge >= 0.3 is 0 Å². The molecule has 2 aliphatic rings. The Kier molecular flexibility index (Phi) is 4.49. The molecule has 0 aromatic heterocycles. The van der Waals surface area contributed by atoms with Gasteiger partial charge in [0.05, 0.1) is 33.7 Å². The average Bonchev–Trinajstić information content (AvgIpc) is 3.19. The van der Waals surface area contributed by atoms with E-state index >= 15 is 0 Å². The third kappa shape index (κ3) is 3.03. The molecule has 4 rings (SSSR count). The van der Waals surface area contributed by atoms with Gasteiger partial charge in [0.15, 0.2) is 6.10 Å². The second-order valence-corrected chi connectivity index (χ2v) is 9.23. The van der Waals surface area contributed by atoms with E-state index in [9.17, 15) is 12.8 Å². The zero-order chi connectivity index (χ0) is 19.3. The lowest BCUT2D eigenvalue weighted by molar-refractivity contribution is 0.0803. The van der Waals surface area contributed by atoms with E-state index in [0.29, 0.717) is 11.3 Å². The van der Waals surface area contributed by atoms with Crippen LogP contribution in [-0.4, -0.2) is 37.6 Å². The first-order chi connectivity index (χ1) is 12.8. The number of nitrogens with zero attached hydrogens (tertiary/aromatic N) is 2. The standard InChI is InChI=1S/C19H18ClFN2O3S/c1-11-6-7-12(2)17(8-11)27(24,25)23-9-13-16(10-23)26-22-19(13)18-14(20)4-3-5-15(18)21/h3-8,13,16H,9-10H2,1-2H3. The molecule has 0 N–H and O–H groups in total. The van der Waals surface area contributed by atoms with Crippen LogP contribution in [0, 0.1) is 25.6 Å². The Morgan fingerprint density at radius 1 is 1.22 bits per heavy atom. The van der Waals surface area contributed by atoms with Crippen LogP contribution in [-0.2, 0) is 14.9 Å². The Morgan fingerprint density at radius 2 is 2.00 bits per heavy atom. The third-order valence-electron chi connectivity index (χ3n) is 5.05. The minimum absolute atomic E-state index is 0.166. The van der Waals surface area contributed by atoms with Crippen LogP contribution in [0.2, 0.25) is 5.02 Å². The summed E-state index contributed by atoms with van der Waals surface area (Å²) < 4.78 is 42.0. The molecule has 0 amide bonds. The number of fused-ring (bicyclic) bond motifs is 1. The van der Waals surface area contributed by atoms with Crippen LogP contribution in [0.15, 0.2) is 46.4 Å². The highest BCUT2D eigenvalue weighted by atomic mass is 35.5. The summed E-state index contributed by atoms with van der Waals surface area (Å²) in [6, 6.07) is 9.73. The molecule has 0 saturated carbocycles. The molecule has 2 aromatic carbocycles. The summed E-state index contributed by atoms with van der Waals surface area (Å²) in [5, 5.41) is 4.23. The van der Waals surface area contributed by atoms with Crippen LogP contribution in [0.4, 0.5) is 4.39 Å². The summed E-state index contributed by atoms with van der Waals surface area (Å²) in [6.07, 6.45) is -0.449. The smallest absolute Gasteiger partial charge is 0.243 e. The Bertz CT molecular complexity index is 1030. The van der Waals surface area contributed by atoms with Crippen molar-refractivity contribution in [3.05, 3.63) is 63.9 Å². The van der Waals surface area contributed by atoms with Gasteiger partial charge < -0.3 is 4.84 Å². The predicted octanol–water partition coefficient (Wildman–Crippen LogP) is 3.52. The summed E-state index contributed by atoms with van der Waals surface area (Å²) in [5.74, 6) is -0.861. The minimum Gasteiger partial charge on any atom is -0.390 e. The van der Waals surface area contributed by atoms with E-state index < -0.39 is 21.9 Å². The fourth-order valence-electron chi connectivity index (χ4n) is 3.60. The highest BCUT2D eigenvalue weighted by Gasteiger charge is 2.47. The number of hydrogen-bond acceptors (Lipinski definition) is 4. The van der Waals surface area contributed by atoms with Gasteiger partial charge in [-0.05, 0) is 43.2 Å². The average molecular weight is 409 g/mol. The maximum Gasteiger partial charge on any atom is 0.243 e. The van der Waals surface area contributed by atoms with Crippen LogP contribution >= 0.6 is 11.6 Å². The van der Waals surface area contributed by atoms with Crippen molar-refractivity contribution in [3.8, 4) is 0 Å². The Hall–Kier alpha value is -1.96. The minimum atomic E-state index is -3.69. The SMILES string of the molecule is Cc1ccc(C)c(S(=O)(=O)N2CC3ON=C(c4c(F)cccc4Cl)C3C2)c1. The van der Waals surface area contributed by atoms with E-state index in [-0.39, 0.29) is 34.5 Å². The molecule has 2 aliphatic heterocycles. The van der Waals surface area contributed by atoms with Crippen LogP contribution in [0.5, 0.6) is 0 Å². The van der Waals surface area contributed by atoms with Crippen molar-refractivity contribution in [1.82, 2.24) is 4.31 Å². The molecule has 142 valence electrons. The maximum absolute atomic E-state index is 14.3. The Balaban J connectivity index is 1.66. The summed E-state index contributed by atoms with van der Waals surface area (Å²) >= 11 is 6.15. The van der Waals surface area contributed by atoms with Crippen LogP contribution < -0.4 is 0 Å². The second kappa shape index (κ2) is 6.58. The van der Waals surface area contributed by atoms with Gasteiger partial charge in [0.25, 0.3) is 0 Å². The summed E-state index contributed by atoms with van der Waals surface area (Å²) in [7, 11) is -3.69. The molecule has 27 heavy (non-hydrogen) atoms. The molecular weight excluding hydrogens is 391 g/mol. The lowest BCUT2D eigenvalue weighted by Crippen LogP contribution is -2.31. The number of rotatable bonds is 3.